The van der Waals surface area contributed by atoms with E-state index in [0.29, 0.717) is 6.42 Å². The van der Waals surface area contributed by atoms with Crippen LogP contribution in [-0.4, -0.2) is 24.0 Å². The van der Waals surface area contributed by atoms with E-state index >= 15 is 0 Å². The molecular formula is C26H35N4O. The molecule has 1 amide bonds. The molecule has 0 saturated heterocycles. The van der Waals surface area contributed by atoms with Gasteiger partial charge in [-0.05, 0) is 92.4 Å². The molecule has 0 spiro atoms. The standard InChI is InChI=1S/C26H35N4O/c1-2-8-27-9-10-28-24-7-6-21-22(29-24)4-3-5-23(21)30-25(31)17-26-14-18-11-19(15-26)13-20(12-18)16-26/h3-8,18-20,27H,2,9-17H2,1H3,(H,28,29)(H,30,31). The van der Waals surface area contributed by atoms with Crippen molar-refractivity contribution in [3.8, 4) is 0 Å². The number of aromatic nitrogens is 1. The number of hydrogen-bond acceptors (Lipinski definition) is 4. The van der Waals surface area contributed by atoms with Crippen LogP contribution in [0, 0.1) is 29.7 Å². The highest BCUT2D eigenvalue weighted by Gasteiger charge is 2.51. The molecule has 4 saturated carbocycles. The Labute approximate surface area is 185 Å². The van der Waals surface area contributed by atoms with Gasteiger partial charge in [-0.3, -0.25) is 4.79 Å². The predicted molar refractivity (Wildman–Crippen MR) is 127 cm³/mol. The molecule has 5 heteroatoms. The van der Waals surface area contributed by atoms with Crippen molar-refractivity contribution in [2.75, 3.05) is 23.7 Å². The van der Waals surface area contributed by atoms with Crippen molar-refractivity contribution >= 4 is 28.3 Å². The number of amides is 1. The second-order valence-corrected chi connectivity index (χ2v) is 10.2. The van der Waals surface area contributed by atoms with Gasteiger partial charge in [0.25, 0.3) is 0 Å². The second kappa shape index (κ2) is 8.78. The second-order valence-electron chi connectivity index (χ2n) is 10.2. The van der Waals surface area contributed by atoms with Gasteiger partial charge in [-0.25, -0.2) is 4.98 Å². The Morgan fingerprint density at radius 2 is 1.81 bits per heavy atom. The summed E-state index contributed by atoms with van der Waals surface area (Å²) in [6.45, 7) is 5.86. The number of carbonyl (C=O) groups excluding carboxylic acids is 1. The van der Waals surface area contributed by atoms with Gasteiger partial charge in [0.2, 0.25) is 5.91 Å². The molecule has 0 aliphatic heterocycles. The number of fused-ring (bicyclic) bond motifs is 1. The summed E-state index contributed by atoms with van der Waals surface area (Å²) < 4.78 is 0. The lowest BCUT2D eigenvalue weighted by molar-refractivity contribution is -0.124. The monoisotopic (exact) mass is 419 g/mol. The average molecular weight is 420 g/mol. The summed E-state index contributed by atoms with van der Waals surface area (Å²) in [5, 5.41) is 10.9. The molecule has 2 aromatic rings. The fourth-order valence-electron chi connectivity index (χ4n) is 6.91. The normalized spacial score (nSPS) is 28.7. The number of carbonyl (C=O) groups is 1. The Balaban J connectivity index is 1.23. The van der Waals surface area contributed by atoms with Crippen molar-refractivity contribution in [2.45, 2.75) is 58.3 Å². The maximum Gasteiger partial charge on any atom is 0.224 e. The van der Waals surface area contributed by atoms with Gasteiger partial charge in [0.15, 0.2) is 0 Å². The number of nitrogens with zero attached hydrogens (tertiary/aromatic N) is 1. The minimum Gasteiger partial charge on any atom is -0.369 e. The molecule has 1 aromatic heterocycles. The molecule has 165 valence electrons. The van der Waals surface area contributed by atoms with Crippen LogP contribution in [0.3, 0.4) is 0 Å². The summed E-state index contributed by atoms with van der Waals surface area (Å²) in [7, 11) is 0. The third-order valence-corrected chi connectivity index (χ3v) is 7.63. The zero-order valence-corrected chi connectivity index (χ0v) is 18.6. The van der Waals surface area contributed by atoms with Crippen molar-refractivity contribution in [2.24, 2.45) is 23.2 Å². The Bertz CT molecular complexity index is 905. The van der Waals surface area contributed by atoms with Gasteiger partial charge in [0.1, 0.15) is 5.82 Å². The first kappa shape index (κ1) is 20.7. The number of benzene rings is 1. The van der Waals surface area contributed by atoms with Crippen molar-refractivity contribution in [3.63, 3.8) is 0 Å². The molecule has 0 atom stereocenters. The zero-order chi connectivity index (χ0) is 21.3. The first-order chi connectivity index (χ1) is 15.1. The number of anilines is 2. The highest BCUT2D eigenvalue weighted by Crippen LogP contribution is 2.61. The first-order valence-electron chi connectivity index (χ1n) is 12.1. The van der Waals surface area contributed by atoms with E-state index in [1.807, 2.05) is 24.3 Å². The molecule has 3 N–H and O–H groups in total. The van der Waals surface area contributed by atoms with E-state index in [1.54, 1.807) is 0 Å². The highest BCUT2D eigenvalue weighted by molar-refractivity contribution is 6.01. The molecule has 1 aromatic carbocycles. The first-order valence-corrected chi connectivity index (χ1v) is 12.1. The lowest BCUT2D eigenvalue weighted by Gasteiger charge is -2.56. The fraction of sp³-hybridized carbons (Fsp3) is 0.577. The van der Waals surface area contributed by atoms with E-state index in [1.165, 1.54) is 38.5 Å². The number of pyridine rings is 1. The third kappa shape index (κ3) is 4.57. The van der Waals surface area contributed by atoms with Crippen LogP contribution in [0.1, 0.15) is 58.3 Å². The molecule has 1 heterocycles. The molecule has 4 aliphatic carbocycles. The van der Waals surface area contributed by atoms with Crippen molar-refractivity contribution in [1.82, 2.24) is 10.3 Å². The van der Waals surface area contributed by atoms with Gasteiger partial charge in [-0.1, -0.05) is 13.0 Å². The summed E-state index contributed by atoms with van der Waals surface area (Å²) in [6.07, 6.45) is 9.75. The molecule has 6 rings (SSSR count). The van der Waals surface area contributed by atoms with E-state index in [-0.39, 0.29) is 11.3 Å². The van der Waals surface area contributed by atoms with Crippen LogP contribution in [0.2, 0.25) is 0 Å². The Kier molecular flexibility index (Phi) is 5.87. The van der Waals surface area contributed by atoms with Crippen molar-refractivity contribution < 1.29 is 4.79 Å². The van der Waals surface area contributed by atoms with Gasteiger partial charge >= 0.3 is 0 Å². The smallest absolute Gasteiger partial charge is 0.224 e. The van der Waals surface area contributed by atoms with Crippen LogP contribution >= 0.6 is 0 Å². The summed E-state index contributed by atoms with van der Waals surface area (Å²) in [5.74, 6) is 3.67. The Morgan fingerprint density at radius 3 is 2.52 bits per heavy atom. The maximum atomic E-state index is 13.1. The van der Waals surface area contributed by atoms with Gasteiger partial charge in [0, 0.05) is 31.4 Å². The molecular weight excluding hydrogens is 384 g/mol. The van der Waals surface area contributed by atoms with Crippen LogP contribution < -0.4 is 16.0 Å². The largest absolute Gasteiger partial charge is 0.369 e. The van der Waals surface area contributed by atoms with Crippen LogP contribution in [0.5, 0.6) is 0 Å². The van der Waals surface area contributed by atoms with Crippen molar-refractivity contribution in [1.29, 1.82) is 0 Å². The number of nitrogens with one attached hydrogen (secondary N) is 3. The fourth-order valence-corrected chi connectivity index (χ4v) is 6.91. The van der Waals surface area contributed by atoms with E-state index in [9.17, 15) is 4.79 Å². The van der Waals surface area contributed by atoms with Gasteiger partial charge < -0.3 is 16.0 Å². The Hall–Kier alpha value is -2.14. The topological polar surface area (TPSA) is 66.0 Å². The number of rotatable bonds is 9. The summed E-state index contributed by atoms with van der Waals surface area (Å²) in [6, 6.07) is 10.1. The molecule has 4 aliphatic rings. The summed E-state index contributed by atoms with van der Waals surface area (Å²) in [4.78, 5) is 17.8. The highest BCUT2D eigenvalue weighted by atomic mass is 16.1. The van der Waals surface area contributed by atoms with E-state index < -0.39 is 0 Å². The maximum absolute atomic E-state index is 13.1. The SMILES string of the molecule is CC[CH]NCCNc1ccc2c(NC(=O)CC34CC5CC(CC(C5)C3)C4)cccc2n1. The molecule has 31 heavy (non-hydrogen) atoms. The van der Waals surface area contributed by atoms with E-state index in [4.69, 9.17) is 4.98 Å². The van der Waals surface area contributed by atoms with Gasteiger partial charge in [-0.2, -0.15) is 0 Å². The van der Waals surface area contributed by atoms with Gasteiger partial charge in [-0.15, -0.1) is 0 Å². The lowest BCUT2D eigenvalue weighted by atomic mass is 9.49. The quantitative estimate of drug-likeness (QED) is 0.479. The number of hydrogen-bond donors (Lipinski definition) is 3. The van der Waals surface area contributed by atoms with Gasteiger partial charge in [0.05, 0.1) is 11.2 Å². The van der Waals surface area contributed by atoms with E-state index in [2.05, 4.69) is 35.5 Å². The van der Waals surface area contributed by atoms with E-state index in [0.717, 1.165) is 59.7 Å². The molecule has 5 nitrogen and oxygen atoms in total. The molecule has 4 bridgehead atoms. The summed E-state index contributed by atoms with van der Waals surface area (Å²) in [5.41, 5.74) is 2.05. The predicted octanol–water partition coefficient (Wildman–Crippen LogP) is 5.35. The minimum absolute atomic E-state index is 0.176. The zero-order valence-electron chi connectivity index (χ0n) is 18.6. The molecule has 0 unspecified atom stereocenters. The Morgan fingerprint density at radius 1 is 1.06 bits per heavy atom. The van der Waals surface area contributed by atoms with Crippen LogP contribution in [0.4, 0.5) is 11.5 Å². The lowest BCUT2D eigenvalue weighted by Crippen LogP contribution is -2.47. The molecule has 4 fully saturated rings. The van der Waals surface area contributed by atoms with Crippen LogP contribution in [-0.2, 0) is 4.79 Å². The van der Waals surface area contributed by atoms with Crippen molar-refractivity contribution in [3.05, 3.63) is 36.9 Å². The third-order valence-electron chi connectivity index (χ3n) is 7.63. The van der Waals surface area contributed by atoms with Crippen LogP contribution in [0.15, 0.2) is 30.3 Å². The van der Waals surface area contributed by atoms with Crippen LogP contribution in [0.25, 0.3) is 10.9 Å². The summed E-state index contributed by atoms with van der Waals surface area (Å²) >= 11 is 0. The minimum atomic E-state index is 0.176. The average Bonchev–Trinajstić information content (AvgIpc) is 2.72. The molecule has 1 radical (unpaired) electrons.